The summed E-state index contributed by atoms with van der Waals surface area (Å²) in [5.74, 6) is 1.50. The van der Waals surface area contributed by atoms with Crippen LogP contribution in [0.15, 0.2) is 24.5 Å². The van der Waals surface area contributed by atoms with Gasteiger partial charge in [-0.05, 0) is 25.1 Å². The number of benzene rings is 1. The number of nitrogens with two attached hydrogens (primary N) is 1. The van der Waals surface area contributed by atoms with Gasteiger partial charge in [-0.3, -0.25) is 0 Å². The Morgan fingerprint density at radius 1 is 1.27 bits per heavy atom. The number of nitrogens with zero attached hydrogens (tertiary/aromatic N) is 5. The van der Waals surface area contributed by atoms with Gasteiger partial charge in [-0.25, -0.2) is 24.3 Å². The molecule has 4 heterocycles. The molecular weight excluding hydrogens is 335 g/mol. The normalized spacial score (nSPS) is 16.2. The summed E-state index contributed by atoms with van der Waals surface area (Å²) in [7, 11) is 0. The predicted molar refractivity (Wildman–Crippen MR) is 95.2 cm³/mol. The van der Waals surface area contributed by atoms with Crippen molar-refractivity contribution in [3.05, 3.63) is 42.0 Å². The molecule has 0 aliphatic carbocycles. The molecule has 132 valence electrons. The Morgan fingerprint density at radius 3 is 2.85 bits per heavy atom. The fourth-order valence-electron chi connectivity index (χ4n) is 3.42. The Hall–Kier alpha value is -3.07. The molecule has 1 aromatic carbocycles. The molecule has 1 aliphatic rings. The van der Waals surface area contributed by atoms with Crippen LogP contribution in [0, 0.1) is 5.82 Å². The van der Waals surface area contributed by atoms with E-state index in [0.717, 1.165) is 29.9 Å². The van der Waals surface area contributed by atoms with E-state index in [1.54, 1.807) is 12.1 Å². The van der Waals surface area contributed by atoms with Crippen molar-refractivity contribution in [3.63, 3.8) is 0 Å². The highest BCUT2D eigenvalue weighted by Crippen LogP contribution is 2.31. The van der Waals surface area contributed by atoms with Crippen LogP contribution >= 0.6 is 0 Å². The fourth-order valence-corrected chi connectivity index (χ4v) is 3.42. The van der Waals surface area contributed by atoms with E-state index >= 15 is 0 Å². The van der Waals surface area contributed by atoms with Gasteiger partial charge in [-0.1, -0.05) is 0 Å². The number of hydrogen-bond donors (Lipinski definition) is 3. The number of aromatic amines is 1. The maximum Gasteiger partial charge on any atom is 0.183 e. The number of nitrogens with one attached hydrogen (secondary N) is 2. The van der Waals surface area contributed by atoms with Crippen LogP contribution in [0.2, 0.25) is 0 Å². The number of imidazole rings is 2. The Bertz CT molecular complexity index is 1130. The molecule has 3 aromatic heterocycles. The molecule has 1 atom stereocenters. The molecule has 1 aliphatic heterocycles. The van der Waals surface area contributed by atoms with Gasteiger partial charge in [-0.15, -0.1) is 0 Å². The van der Waals surface area contributed by atoms with E-state index < -0.39 is 0 Å². The number of fused-ring (bicyclic) bond motifs is 2. The van der Waals surface area contributed by atoms with Gasteiger partial charge in [0.15, 0.2) is 11.5 Å². The third-order valence-corrected chi connectivity index (χ3v) is 4.94. The fraction of sp³-hybridized carbons (Fsp3) is 0.294. The van der Waals surface area contributed by atoms with Crippen molar-refractivity contribution in [2.24, 2.45) is 0 Å². The topological polar surface area (TPSA) is 110 Å². The lowest BCUT2D eigenvalue weighted by Crippen LogP contribution is -2.44. The van der Waals surface area contributed by atoms with Crippen LogP contribution in [-0.4, -0.2) is 42.6 Å². The third kappa shape index (κ3) is 2.17. The number of hydrogen-bond acceptors (Lipinski definition) is 6. The summed E-state index contributed by atoms with van der Waals surface area (Å²) in [6, 6.07) is 4.93. The lowest BCUT2D eigenvalue weighted by Gasteiger charge is -2.31. The van der Waals surface area contributed by atoms with Gasteiger partial charge in [0, 0.05) is 13.1 Å². The van der Waals surface area contributed by atoms with E-state index in [4.69, 9.17) is 10.7 Å². The number of anilines is 1. The molecule has 0 saturated carbocycles. The first kappa shape index (κ1) is 15.2. The molecule has 4 N–H and O–H groups in total. The standard InChI is InChI=1S/C17H17FN8/c1-8(15-24-13-14(19)21-7-22-16(13)25-15)17-23-11-3-2-9(18)4-12(11)26(17)10-5-20-6-10/h2-4,7-8,10,20H,5-6H2,1H3,(H3,19,21,22,24,25). The SMILES string of the molecule is CC(c1nc2ncnc(N)c2[nH]1)c1nc2ccc(F)cc2n1C1CNC1. The molecule has 0 spiro atoms. The Morgan fingerprint density at radius 2 is 2.12 bits per heavy atom. The van der Waals surface area contributed by atoms with Crippen molar-refractivity contribution in [3.8, 4) is 0 Å². The average Bonchev–Trinajstić information content (AvgIpc) is 3.16. The smallest absolute Gasteiger partial charge is 0.183 e. The number of halogens is 1. The molecule has 0 bridgehead atoms. The van der Waals surface area contributed by atoms with Crippen LogP contribution in [0.25, 0.3) is 22.2 Å². The minimum Gasteiger partial charge on any atom is -0.382 e. The maximum atomic E-state index is 13.8. The van der Waals surface area contributed by atoms with E-state index in [2.05, 4.69) is 29.8 Å². The average molecular weight is 352 g/mol. The van der Waals surface area contributed by atoms with Crippen LogP contribution in [0.1, 0.15) is 30.5 Å². The van der Waals surface area contributed by atoms with Crippen molar-refractivity contribution in [2.75, 3.05) is 18.8 Å². The molecule has 0 amide bonds. The zero-order chi connectivity index (χ0) is 17.8. The van der Waals surface area contributed by atoms with Crippen molar-refractivity contribution < 1.29 is 4.39 Å². The quantitative estimate of drug-likeness (QED) is 0.518. The zero-order valence-corrected chi connectivity index (χ0v) is 14.1. The van der Waals surface area contributed by atoms with E-state index in [0.29, 0.717) is 22.8 Å². The second-order valence-electron chi connectivity index (χ2n) is 6.59. The summed E-state index contributed by atoms with van der Waals surface area (Å²) in [6.45, 7) is 3.68. The highest BCUT2D eigenvalue weighted by atomic mass is 19.1. The number of rotatable bonds is 3. The van der Waals surface area contributed by atoms with E-state index in [1.807, 2.05) is 6.92 Å². The Labute approximate surface area is 147 Å². The van der Waals surface area contributed by atoms with Crippen molar-refractivity contribution in [2.45, 2.75) is 18.9 Å². The van der Waals surface area contributed by atoms with Gasteiger partial charge in [0.25, 0.3) is 0 Å². The predicted octanol–water partition coefficient (Wildman–Crippen LogP) is 1.72. The van der Waals surface area contributed by atoms with Crippen LogP contribution in [-0.2, 0) is 0 Å². The van der Waals surface area contributed by atoms with Crippen molar-refractivity contribution in [1.82, 2.24) is 34.8 Å². The molecule has 26 heavy (non-hydrogen) atoms. The van der Waals surface area contributed by atoms with Gasteiger partial charge in [-0.2, -0.15) is 0 Å². The zero-order valence-electron chi connectivity index (χ0n) is 14.1. The summed E-state index contributed by atoms with van der Waals surface area (Å²) in [5.41, 5.74) is 8.62. The van der Waals surface area contributed by atoms with E-state index in [-0.39, 0.29) is 17.8 Å². The van der Waals surface area contributed by atoms with Gasteiger partial charge >= 0.3 is 0 Å². The molecule has 9 heteroatoms. The van der Waals surface area contributed by atoms with E-state index in [9.17, 15) is 4.39 Å². The molecule has 1 saturated heterocycles. The lowest BCUT2D eigenvalue weighted by atomic mass is 10.1. The Kier molecular flexibility index (Phi) is 3.20. The molecular formula is C17H17FN8. The molecule has 4 aromatic rings. The number of nitrogen functional groups attached to an aromatic ring is 1. The first-order valence-corrected chi connectivity index (χ1v) is 8.46. The number of H-pyrrole nitrogens is 1. The third-order valence-electron chi connectivity index (χ3n) is 4.94. The maximum absolute atomic E-state index is 13.8. The van der Waals surface area contributed by atoms with Crippen LogP contribution < -0.4 is 11.1 Å². The molecule has 1 unspecified atom stereocenters. The first-order chi connectivity index (χ1) is 12.6. The molecule has 1 fully saturated rings. The summed E-state index contributed by atoms with van der Waals surface area (Å²) < 4.78 is 15.9. The second kappa shape index (κ2) is 5.46. The summed E-state index contributed by atoms with van der Waals surface area (Å²) in [5, 5.41) is 3.26. The van der Waals surface area contributed by atoms with Crippen molar-refractivity contribution in [1.29, 1.82) is 0 Å². The van der Waals surface area contributed by atoms with Crippen LogP contribution in [0.4, 0.5) is 10.2 Å². The van der Waals surface area contributed by atoms with Crippen LogP contribution in [0.3, 0.4) is 0 Å². The monoisotopic (exact) mass is 352 g/mol. The molecule has 0 radical (unpaired) electrons. The summed E-state index contributed by atoms with van der Waals surface area (Å²) in [6.07, 6.45) is 1.39. The molecule has 5 rings (SSSR count). The lowest BCUT2D eigenvalue weighted by molar-refractivity contribution is 0.340. The van der Waals surface area contributed by atoms with Crippen LogP contribution in [0.5, 0.6) is 0 Å². The highest BCUT2D eigenvalue weighted by molar-refractivity contribution is 5.81. The minimum atomic E-state index is -0.267. The van der Waals surface area contributed by atoms with Gasteiger partial charge < -0.3 is 20.6 Å². The molecule has 8 nitrogen and oxygen atoms in total. The summed E-state index contributed by atoms with van der Waals surface area (Å²) in [4.78, 5) is 20.7. The highest BCUT2D eigenvalue weighted by Gasteiger charge is 2.28. The van der Waals surface area contributed by atoms with Gasteiger partial charge in [0.1, 0.15) is 29.3 Å². The second-order valence-corrected chi connectivity index (χ2v) is 6.59. The number of aromatic nitrogens is 6. The van der Waals surface area contributed by atoms with Gasteiger partial charge in [0.05, 0.1) is 23.0 Å². The summed E-state index contributed by atoms with van der Waals surface area (Å²) >= 11 is 0. The largest absolute Gasteiger partial charge is 0.382 e. The first-order valence-electron chi connectivity index (χ1n) is 8.46. The minimum absolute atomic E-state index is 0.139. The Balaban J connectivity index is 1.68. The van der Waals surface area contributed by atoms with E-state index in [1.165, 1.54) is 12.4 Å². The van der Waals surface area contributed by atoms with Gasteiger partial charge in [0.2, 0.25) is 0 Å². The van der Waals surface area contributed by atoms with Crippen molar-refractivity contribution >= 4 is 28.0 Å².